The zero-order chi connectivity index (χ0) is 25.1. The number of amides is 3. The minimum Gasteiger partial charge on any atom is -0.488 e. The van der Waals surface area contributed by atoms with Crippen molar-refractivity contribution in [2.24, 2.45) is 0 Å². The fourth-order valence-electron chi connectivity index (χ4n) is 3.57. The smallest absolute Gasteiger partial charge is 0.294 e. The van der Waals surface area contributed by atoms with Crippen molar-refractivity contribution in [1.82, 2.24) is 4.90 Å². The first kappa shape index (κ1) is 24.0. The van der Waals surface area contributed by atoms with Crippen molar-refractivity contribution < 1.29 is 28.6 Å². The Balaban J connectivity index is 1.21. The molecule has 2 aliphatic heterocycles. The zero-order valence-corrected chi connectivity index (χ0v) is 21.1. The lowest BCUT2D eigenvalue weighted by molar-refractivity contribution is -0.127. The number of ether oxygens (including phenoxy) is 3. The molecule has 0 aliphatic carbocycles. The number of nitrogens with zero attached hydrogens (tertiary/aromatic N) is 1. The second-order valence-corrected chi connectivity index (χ2v) is 9.70. The number of carbonyl (C=O) groups is 3. The number of anilines is 1. The van der Waals surface area contributed by atoms with Crippen LogP contribution in [0.2, 0.25) is 0 Å². The molecule has 182 valence electrons. The Morgan fingerprint density at radius 3 is 2.67 bits per heavy atom. The predicted octanol–water partition coefficient (Wildman–Crippen LogP) is 5.43. The molecule has 1 fully saturated rings. The number of hydrogen-bond acceptors (Lipinski definition) is 7. The number of benzene rings is 3. The Morgan fingerprint density at radius 2 is 1.86 bits per heavy atom. The SMILES string of the molecule is O=C(CN1C(=O)S/C(=C/c2ccc(OCc3ccccc3)c(Br)c2)C1=O)Nc1ccc2c(c1)OCO2. The van der Waals surface area contributed by atoms with Crippen LogP contribution in [-0.2, 0) is 16.2 Å². The van der Waals surface area contributed by atoms with Crippen molar-refractivity contribution in [2.75, 3.05) is 18.7 Å². The van der Waals surface area contributed by atoms with Crippen LogP contribution >= 0.6 is 27.7 Å². The maximum absolute atomic E-state index is 12.8. The van der Waals surface area contributed by atoms with Gasteiger partial charge >= 0.3 is 0 Å². The van der Waals surface area contributed by atoms with E-state index in [2.05, 4.69) is 21.2 Å². The van der Waals surface area contributed by atoms with E-state index >= 15 is 0 Å². The summed E-state index contributed by atoms with van der Waals surface area (Å²) in [5.74, 6) is 0.742. The summed E-state index contributed by atoms with van der Waals surface area (Å²) in [6.07, 6.45) is 1.62. The number of rotatable bonds is 7. The molecule has 5 rings (SSSR count). The molecule has 0 unspecified atom stereocenters. The molecule has 2 aliphatic rings. The summed E-state index contributed by atoms with van der Waals surface area (Å²) >= 11 is 4.29. The molecule has 3 aromatic rings. The monoisotopic (exact) mass is 566 g/mol. The van der Waals surface area contributed by atoms with Crippen LogP contribution in [0.5, 0.6) is 17.2 Å². The first-order chi connectivity index (χ1) is 17.5. The van der Waals surface area contributed by atoms with Crippen LogP contribution in [-0.4, -0.2) is 35.3 Å². The molecular weight excluding hydrogens is 548 g/mol. The van der Waals surface area contributed by atoms with Crippen molar-refractivity contribution in [1.29, 1.82) is 0 Å². The molecule has 0 atom stereocenters. The second-order valence-electron chi connectivity index (χ2n) is 7.85. The van der Waals surface area contributed by atoms with Gasteiger partial charge in [0.05, 0.1) is 9.38 Å². The molecule has 2 heterocycles. The summed E-state index contributed by atoms with van der Waals surface area (Å²) in [6.45, 7) is 0.147. The Hall–Kier alpha value is -3.76. The maximum atomic E-state index is 12.8. The van der Waals surface area contributed by atoms with E-state index in [9.17, 15) is 14.4 Å². The van der Waals surface area contributed by atoms with Gasteiger partial charge in [-0.3, -0.25) is 19.3 Å². The highest BCUT2D eigenvalue weighted by molar-refractivity contribution is 9.10. The molecule has 0 saturated carbocycles. The highest BCUT2D eigenvalue weighted by Gasteiger charge is 2.36. The normalized spacial score (nSPS) is 15.5. The van der Waals surface area contributed by atoms with E-state index in [0.29, 0.717) is 35.1 Å². The minimum absolute atomic E-state index is 0.121. The van der Waals surface area contributed by atoms with E-state index in [4.69, 9.17) is 14.2 Å². The molecule has 3 aromatic carbocycles. The van der Waals surface area contributed by atoms with Crippen LogP contribution in [0, 0.1) is 0 Å². The number of fused-ring (bicyclic) bond motifs is 1. The quantitative estimate of drug-likeness (QED) is 0.381. The van der Waals surface area contributed by atoms with Crippen molar-refractivity contribution in [3.05, 3.63) is 87.2 Å². The standard InChI is InChI=1S/C26H19BrN2O6S/c27-19-10-17(6-8-20(19)33-14-16-4-2-1-3-5-16)11-23-25(31)29(26(32)36-23)13-24(30)28-18-7-9-21-22(12-18)35-15-34-21/h1-12H,13-15H2,(H,28,30)/b23-11+. The number of hydrogen-bond donors (Lipinski definition) is 1. The van der Waals surface area contributed by atoms with E-state index in [1.54, 1.807) is 42.5 Å². The van der Waals surface area contributed by atoms with Crippen molar-refractivity contribution in [3.8, 4) is 17.2 Å². The number of nitrogens with one attached hydrogen (secondary N) is 1. The van der Waals surface area contributed by atoms with Crippen LogP contribution in [0.3, 0.4) is 0 Å². The molecule has 8 nitrogen and oxygen atoms in total. The Labute approximate surface area is 219 Å². The van der Waals surface area contributed by atoms with Crippen LogP contribution in [0.25, 0.3) is 6.08 Å². The van der Waals surface area contributed by atoms with Gasteiger partial charge < -0.3 is 19.5 Å². The van der Waals surface area contributed by atoms with E-state index in [1.165, 1.54) is 0 Å². The molecule has 0 bridgehead atoms. The Kier molecular flexibility index (Phi) is 6.97. The maximum Gasteiger partial charge on any atom is 0.294 e. The van der Waals surface area contributed by atoms with Crippen molar-refractivity contribution in [3.63, 3.8) is 0 Å². The lowest BCUT2D eigenvalue weighted by Gasteiger charge is -2.12. The van der Waals surface area contributed by atoms with Gasteiger partial charge in [0.15, 0.2) is 11.5 Å². The molecular formula is C26H19BrN2O6S. The average molecular weight is 567 g/mol. The van der Waals surface area contributed by atoms with Crippen LogP contribution in [0.1, 0.15) is 11.1 Å². The van der Waals surface area contributed by atoms with Gasteiger partial charge in [-0.05, 0) is 69.2 Å². The largest absolute Gasteiger partial charge is 0.488 e. The van der Waals surface area contributed by atoms with Crippen molar-refractivity contribution >= 4 is 56.5 Å². The van der Waals surface area contributed by atoms with E-state index in [-0.39, 0.29) is 11.7 Å². The highest BCUT2D eigenvalue weighted by Crippen LogP contribution is 2.35. The zero-order valence-electron chi connectivity index (χ0n) is 18.7. The third kappa shape index (κ3) is 5.39. The van der Waals surface area contributed by atoms with Gasteiger partial charge in [-0.2, -0.15) is 0 Å². The predicted molar refractivity (Wildman–Crippen MR) is 139 cm³/mol. The lowest BCUT2D eigenvalue weighted by atomic mass is 10.2. The van der Waals surface area contributed by atoms with Gasteiger partial charge in [0.2, 0.25) is 12.7 Å². The fraction of sp³-hybridized carbons (Fsp3) is 0.115. The van der Waals surface area contributed by atoms with Crippen LogP contribution in [0.15, 0.2) is 76.1 Å². The van der Waals surface area contributed by atoms with E-state index in [0.717, 1.165) is 26.7 Å². The summed E-state index contributed by atoms with van der Waals surface area (Å²) in [5, 5.41) is 2.17. The minimum atomic E-state index is -0.522. The molecule has 1 N–H and O–H groups in total. The van der Waals surface area contributed by atoms with Crippen LogP contribution < -0.4 is 19.5 Å². The van der Waals surface area contributed by atoms with Crippen molar-refractivity contribution in [2.45, 2.75) is 6.61 Å². The summed E-state index contributed by atoms with van der Waals surface area (Å²) < 4.78 is 17.1. The van der Waals surface area contributed by atoms with Gasteiger partial charge in [-0.25, -0.2) is 0 Å². The number of imide groups is 1. The summed E-state index contributed by atoms with van der Waals surface area (Å²) in [6, 6.07) is 20.2. The number of halogens is 1. The van der Waals surface area contributed by atoms with E-state index in [1.807, 2.05) is 30.3 Å². The third-order valence-electron chi connectivity index (χ3n) is 5.32. The Bertz CT molecular complexity index is 1380. The first-order valence-corrected chi connectivity index (χ1v) is 12.5. The second kappa shape index (κ2) is 10.5. The van der Waals surface area contributed by atoms with Gasteiger partial charge in [0, 0.05) is 11.8 Å². The summed E-state index contributed by atoms with van der Waals surface area (Å²) in [5.41, 5.74) is 2.24. The third-order valence-corrected chi connectivity index (χ3v) is 6.85. The lowest BCUT2D eigenvalue weighted by Crippen LogP contribution is -2.36. The highest BCUT2D eigenvalue weighted by atomic mass is 79.9. The topological polar surface area (TPSA) is 94.2 Å². The molecule has 3 amide bonds. The molecule has 10 heteroatoms. The van der Waals surface area contributed by atoms with Crippen LogP contribution in [0.4, 0.5) is 10.5 Å². The first-order valence-electron chi connectivity index (χ1n) is 10.9. The molecule has 1 saturated heterocycles. The molecule has 0 radical (unpaired) electrons. The van der Waals surface area contributed by atoms with Gasteiger partial charge in [-0.15, -0.1) is 0 Å². The van der Waals surface area contributed by atoms with Gasteiger partial charge in [0.25, 0.3) is 11.1 Å². The molecule has 36 heavy (non-hydrogen) atoms. The summed E-state index contributed by atoms with van der Waals surface area (Å²) in [4.78, 5) is 38.9. The van der Waals surface area contributed by atoms with Gasteiger partial charge in [0.1, 0.15) is 18.9 Å². The van der Waals surface area contributed by atoms with Gasteiger partial charge in [-0.1, -0.05) is 36.4 Å². The Morgan fingerprint density at radius 1 is 1.06 bits per heavy atom. The molecule has 0 aromatic heterocycles. The van der Waals surface area contributed by atoms with E-state index < -0.39 is 23.6 Å². The summed E-state index contributed by atoms with van der Waals surface area (Å²) in [7, 11) is 0. The average Bonchev–Trinajstić information content (AvgIpc) is 3.44. The fourth-order valence-corrected chi connectivity index (χ4v) is 4.91. The molecule has 0 spiro atoms. The number of carbonyl (C=O) groups excluding carboxylic acids is 3. The number of thioether (sulfide) groups is 1.